The molecule has 1 amide bonds. The molecule has 0 aromatic rings. The highest BCUT2D eigenvalue weighted by Gasteiger charge is 2.29. The van der Waals surface area contributed by atoms with E-state index in [1.807, 2.05) is 0 Å². The number of carbonyl (C=O) groups excluding carboxylic acids is 1. The van der Waals surface area contributed by atoms with Crippen molar-refractivity contribution in [1.29, 1.82) is 0 Å². The van der Waals surface area contributed by atoms with Crippen LogP contribution in [0.5, 0.6) is 0 Å². The summed E-state index contributed by atoms with van der Waals surface area (Å²) in [5, 5.41) is 11.3. The van der Waals surface area contributed by atoms with Gasteiger partial charge in [0.1, 0.15) is 12.6 Å². The van der Waals surface area contributed by atoms with Gasteiger partial charge in [-0.1, -0.05) is 12.8 Å². The van der Waals surface area contributed by atoms with E-state index in [0.29, 0.717) is 18.9 Å². The van der Waals surface area contributed by atoms with Crippen molar-refractivity contribution < 1.29 is 19.4 Å². The third-order valence-corrected chi connectivity index (χ3v) is 2.34. The summed E-state index contributed by atoms with van der Waals surface area (Å²) in [4.78, 5) is 22.0. The van der Waals surface area contributed by atoms with Crippen LogP contribution in [0, 0.1) is 5.92 Å². The van der Waals surface area contributed by atoms with Crippen molar-refractivity contribution in [1.82, 2.24) is 5.32 Å². The normalized spacial score (nSPS) is 17.1. The van der Waals surface area contributed by atoms with E-state index in [1.165, 1.54) is 0 Å². The molecule has 86 valence electrons. The predicted molar refractivity (Wildman–Crippen MR) is 53.4 cm³/mol. The van der Waals surface area contributed by atoms with Gasteiger partial charge in [0.2, 0.25) is 5.91 Å². The Hall–Kier alpha value is -1.10. The highest BCUT2D eigenvalue weighted by molar-refractivity contribution is 5.84. The highest BCUT2D eigenvalue weighted by atomic mass is 16.5. The molecule has 1 aliphatic carbocycles. The van der Waals surface area contributed by atoms with Crippen LogP contribution in [0.15, 0.2) is 0 Å². The largest absolute Gasteiger partial charge is 0.480 e. The average Bonchev–Trinajstić information content (AvgIpc) is 2.97. The molecule has 5 heteroatoms. The first-order valence-corrected chi connectivity index (χ1v) is 5.23. The zero-order valence-electron chi connectivity index (χ0n) is 8.86. The van der Waals surface area contributed by atoms with Crippen molar-refractivity contribution >= 4 is 11.9 Å². The van der Waals surface area contributed by atoms with Gasteiger partial charge in [-0.2, -0.15) is 0 Å². The zero-order valence-corrected chi connectivity index (χ0v) is 8.86. The summed E-state index contributed by atoms with van der Waals surface area (Å²) in [6, 6.07) is -0.759. The van der Waals surface area contributed by atoms with Crippen LogP contribution in [0.25, 0.3) is 0 Å². The van der Waals surface area contributed by atoms with Gasteiger partial charge in [-0.25, -0.2) is 4.79 Å². The molecule has 0 unspecified atom stereocenters. The van der Waals surface area contributed by atoms with Gasteiger partial charge in [0.15, 0.2) is 0 Å². The molecular weight excluding hydrogens is 198 g/mol. The summed E-state index contributed by atoms with van der Waals surface area (Å²) in [7, 11) is 0. The van der Waals surface area contributed by atoms with Gasteiger partial charge in [-0.05, 0) is 19.3 Å². The van der Waals surface area contributed by atoms with E-state index in [2.05, 4.69) is 5.32 Å². The molecule has 1 saturated carbocycles. The summed E-state index contributed by atoms with van der Waals surface area (Å²) in [6.45, 7) is 2.17. The average molecular weight is 215 g/mol. The number of carbonyl (C=O) groups is 2. The minimum Gasteiger partial charge on any atom is -0.480 e. The molecule has 2 N–H and O–H groups in total. The number of carboxylic acids is 1. The standard InChI is InChI=1S/C10H17NO4/c1-2-15-6-9(12)11-8(10(13)14)5-7-3-4-7/h7-8H,2-6H2,1H3,(H,11,12)(H,13,14)/t8-/m0/s1. The lowest BCUT2D eigenvalue weighted by molar-refractivity contribution is -0.142. The van der Waals surface area contributed by atoms with Crippen molar-refractivity contribution in [3.63, 3.8) is 0 Å². The van der Waals surface area contributed by atoms with E-state index in [-0.39, 0.29) is 12.5 Å². The first kappa shape index (κ1) is 12.0. The first-order chi connectivity index (χ1) is 7.13. The smallest absolute Gasteiger partial charge is 0.326 e. The minimum absolute atomic E-state index is 0.0645. The van der Waals surface area contributed by atoms with Crippen LogP contribution in [0.3, 0.4) is 0 Å². The zero-order chi connectivity index (χ0) is 11.3. The summed E-state index contributed by atoms with van der Waals surface area (Å²) in [5.74, 6) is -0.852. The Morgan fingerprint density at radius 1 is 1.53 bits per heavy atom. The molecule has 15 heavy (non-hydrogen) atoms. The fraction of sp³-hybridized carbons (Fsp3) is 0.800. The Labute approximate surface area is 88.8 Å². The van der Waals surface area contributed by atoms with Crippen molar-refractivity contribution in [2.75, 3.05) is 13.2 Å². The predicted octanol–water partition coefficient (Wildman–Crippen LogP) is 0.392. The molecule has 0 spiro atoms. The number of ether oxygens (including phenoxy) is 1. The summed E-state index contributed by atoms with van der Waals surface area (Å²) in [5.41, 5.74) is 0. The molecule has 0 aromatic heterocycles. The number of rotatable bonds is 7. The molecule has 0 bridgehead atoms. The van der Waals surface area contributed by atoms with Gasteiger partial charge < -0.3 is 15.2 Å². The summed E-state index contributed by atoms with van der Waals surface area (Å²) < 4.78 is 4.89. The van der Waals surface area contributed by atoms with Crippen molar-refractivity contribution in [3.8, 4) is 0 Å². The van der Waals surface area contributed by atoms with E-state index in [9.17, 15) is 9.59 Å². The maximum Gasteiger partial charge on any atom is 0.326 e. The minimum atomic E-state index is -0.966. The number of nitrogens with one attached hydrogen (secondary N) is 1. The molecule has 1 fully saturated rings. The lowest BCUT2D eigenvalue weighted by Gasteiger charge is -2.13. The Bertz CT molecular complexity index is 238. The van der Waals surface area contributed by atoms with Gasteiger partial charge in [-0.3, -0.25) is 4.79 Å². The van der Waals surface area contributed by atoms with Gasteiger partial charge in [0, 0.05) is 6.61 Å². The number of hydrogen-bond acceptors (Lipinski definition) is 3. The van der Waals surface area contributed by atoms with Crippen LogP contribution in [0.4, 0.5) is 0 Å². The van der Waals surface area contributed by atoms with Crippen LogP contribution in [0.1, 0.15) is 26.2 Å². The van der Waals surface area contributed by atoms with Crippen molar-refractivity contribution in [3.05, 3.63) is 0 Å². The number of amides is 1. The van der Waals surface area contributed by atoms with Crippen molar-refractivity contribution in [2.45, 2.75) is 32.2 Å². The lowest BCUT2D eigenvalue weighted by Crippen LogP contribution is -2.42. The summed E-state index contributed by atoms with van der Waals surface area (Å²) >= 11 is 0. The van der Waals surface area contributed by atoms with Crippen LogP contribution in [-0.4, -0.2) is 36.2 Å². The molecule has 0 aromatic carbocycles. The highest BCUT2D eigenvalue weighted by Crippen LogP contribution is 2.33. The number of hydrogen-bond donors (Lipinski definition) is 2. The van der Waals surface area contributed by atoms with E-state index in [0.717, 1.165) is 12.8 Å². The Kier molecular flexibility index (Phi) is 4.55. The quantitative estimate of drug-likeness (QED) is 0.644. The monoisotopic (exact) mass is 215 g/mol. The Morgan fingerprint density at radius 2 is 2.20 bits per heavy atom. The van der Waals surface area contributed by atoms with Crippen LogP contribution < -0.4 is 5.32 Å². The fourth-order valence-electron chi connectivity index (χ4n) is 1.34. The van der Waals surface area contributed by atoms with Gasteiger partial charge in [0.25, 0.3) is 0 Å². The van der Waals surface area contributed by atoms with Crippen molar-refractivity contribution in [2.24, 2.45) is 5.92 Å². The second-order valence-corrected chi connectivity index (χ2v) is 3.77. The third kappa shape index (κ3) is 4.78. The van der Waals surface area contributed by atoms with E-state index >= 15 is 0 Å². The molecule has 1 rings (SSSR count). The van der Waals surface area contributed by atoms with E-state index < -0.39 is 12.0 Å². The molecule has 0 saturated heterocycles. The third-order valence-electron chi connectivity index (χ3n) is 2.34. The molecule has 0 radical (unpaired) electrons. The van der Waals surface area contributed by atoms with Gasteiger partial charge in [0.05, 0.1) is 0 Å². The molecule has 0 heterocycles. The maximum atomic E-state index is 11.2. The molecule has 1 atom stereocenters. The SMILES string of the molecule is CCOCC(=O)N[C@@H](CC1CC1)C(=O)O. The molecule has 5 nitrogen and oxygen atoms in total. The van der Waals surface area contributed by atoms with Crippen LogP contribution in [0.2, 0.25) is 0 Å². The first-order valence-electron chi connectivity index (χ1n) is 5.23. The van der Waals surface area contributed by atoms with Gasteiger partial charge >= 0.3 is 5.97 Å². The van der Waals surface area contributed by atoms with Crippen LogP contribution >= 0.6 is 0 Å². The second kappa shape index (κ2) is 5.70. The number of carboxylic acid groups (broad SMARTS) is 1. The van der Waals surface area contributed by atoms with Gasteiger partial charge in [-0.15, -0.1) is 0 Å². The fourth-order valence-corrected chi connectivity index (χ4v) is 1.34. The molecule has 1 aliphatic rings. The number of aliphatic carboxylic acids is 1. The Balaban J connectivity index is 2.28. The van der Waals surface area contributed by atoms with E-state index in [1.54, 1.807) is 6.92 Å². The lowest BCUT2D eigenvalue weighted by atomic mass is 10.1. The molecular formula is C10H17NO4. The Morgan fingerprint density at radius 3 is 2.67 bits per heavy atom. The second-order valence-electron chi connectivity index (χ2n) is 3.77. The van der Waals surface area contributed by atoms with E-state index in [4.69, 9.17) is 9.84 Å². The maximum absolute atomic E-state index is 11.2. The molecule has 0 aliphatic heterocycles. The van der Waals surface area contributed by atoms with Crippen LogP contribution in [-0.2, 0) is 14.3 Å². The topological polar surface area (TPSA) is 75.6 Å². The summed E-state index contributed by atoms with van der Waals surface area (Å²) in [6.07, 6.45) is 2.68.